The van der Waals surface area contributed by atoms with Gasteiger partial charge in [-0.3, -0.25) is 4.79 Å². The van der Waals surface area contributed by atoms with Crippen LogP contribution in [0.1, 0.15) is 72.1 Å². The monoisotopic (exact) mass is 510 g/mol. The van der Waals surface area contributed by atoms with E-state index in [-0.39, 0.29) is 46.4 Å². The molecule has 9 atom stereocenters. The Labute approximate surface area is 202 Å². The number of rotatable bonds is 3. The lowest BCUT2D eigenvalue weighted by molar-refractivity contribution is -0.347. The number of aliphatic hydroxyl groups is 2. The Kier molecular flexibility index (Phi) is 6.52. The van der Waals surface area contributed by atoms with E-state index in [1.165, 1.54) is 0 Å². The summed E-state index contributed by atoms with van der Waals surface area (Å²) >= 11 is 0. The zero-order chi connectivity index (χ0) is 26.2. The van der Waals surface area contributed by atoms with Crippen molar-refractivity contribution in [2.75, 3.05) is 0 Å². The van der Waals surface area contributed by atoms with Crippen molar-refractivity contribution in [3.63, 3.8) is 0 Å². The van der Waals surface area contributed by atoms with Crippen molar-refractivity contribution >= 4 is 5.78 Å². The average molecular weight is 511 g/mol. The maximum Gasteiger partial charge on any atom is 0.429 e. The fraction of sp³-hybridized carbons (Fsp3) is 0.885. The molecule has 4 fully saturated rings. The normalized spacial score (nSPS) is 43.6. The first-order valence-electron chi connectivity index (χ1n) is 12.7. The highest BCUT2D eigenvalue weighted by Gasteiger charge is 2.69. The van der Waals surface area contributed by atoms with Gasteiger partial charge in [0.2, 0.25) is 0 Å². The lowest BCUT2D eigenvalue weighted by Crippen LogP contribution is -2.57. The van der Waals surface area contributed by atoms with Gasteiger partial charge in [-0.25, -0.2) is 0 Å². The van der Waals surface area contributed by atoms with Gasteiger partial charge in [0.1, 0.15) is 5.78 Å². The molecule has 4 aliphatic carbocycles. The van der Waals surface area contributed by atoms with Gasteiger partial charge in [0, 0.05) is 12.3 Å². The topological polar surface area (TPSA) is 57.5 Å². The molecule has 4 aliphatic rings. The minimum Gasteiger partial charge on any atom is -0.393 e. The summed E-state index contributed by atoms with van der Waals surface area (Å²) in [5.74, 6) is -0.0109. The van der Waals surface area contributed by atoms with E-state index in [2.05, 4.69) is 13.8 Å². The van der Waals surface area contributed by atoms with Gasteiger partial charge in [-0.05, 0) is 91.4 Å². The lowest BCUT2D eigenvalue weighted by atomic mass is 9.44. The number of carbonyl (C=O) groups is 1. The van der Waals surface area contributed by atoms with Gasteiger partial charge in [0.05, 0.1) is 6.10 Å². The Morgan fingerprint density at radius 2 is 1.51 bits per heavy atom. The minimum atomic E-state index is -5.87. The summed E-state index contributed by atoms with van der Waals surface area (Å²) in [7, 11) is 0. The van der Waals surface area contributed by atoms with Gasteiger partial charge in [0.15, 0.2) is 0 Å². The highest BCUT2D eigenvalue weighted by Crippen LogP contribution is 2.67. The van der Waals surface area contributed by atoms with Crippen LogP contribution in [0, 0.1) is 46.3 Å². The van der Waals surface area contributed by atoms with Crippen molar-refractivity contribution in [3.05, 3.63) is 12.2 Å². The van der Waals surface area contributed by atoms with E-state index in [4.69, 9.17) is 0 Å². The fourth-order valence-corrected chi connectivity index (χ4v) is 8.70. The number of alkyl halides is 6. The molecule has 0 spiro atoms. The Morgan fingerprint density at radius 1 is 0.943 bits per heavy atom. The Morgan fingerprint density at radius 3 is 2.11 bits per heavy atom. The number of carbonyl (C=O) groups excluding carboxylic acids is 1. The standard InChI is InChI=1S/C26H36F6O3/c1-14(6-11-24(35,25(27,28)29)26(30,31)32)17-4-5-18-16-13-21(34)20-12-15(33)7-9-23(20,3)19(16)8-10-22(17,18)2/h6,11,14-20,33,35H,4-5,7-10,12-13H2,1-3H3. The summed E-state index contributed by atoms with van der Waals surface area (Å²) in [5.41, 5.74) is -5.34. The lowest BCUT2D eigenvalue weighted by Gasteiger charge is -2.60. The van der Waals surface area contributed by atoms with Crippen LogP contribution in [0.4, 0.5) is 26.3 Å². The smallest absolute Gasteiger partial charge is 0.393 e. The molecule has 0 aromatic rings. The fourth-order valence-electron chi connectivity index (χ4n) is 8.70. The molecule has 9 unspecified atom stereocenters. The molecule has 0 saturated heterocycles. The summed E-state index contributed by atoms with van der Waals surface area (Å²) in [6.07, 6.45) is -5.86. The molecule has 3 nitrogen and oxygen atoms in total. The quantitative estimate of drug-likeness (QED) is 0.350. The van der Waals surface area contributed by atoms with E-state index in [1.54, 1.807) is 6.92 Å². The highest BCUT2D eigenvalue weighted by molar-refractivity contribution is 5.83. The molecule has 0 aromatic heterocycles. The number of hydrogen-bond acceptors (Lipinski definition) is 3. The molecule has 35 heavy (non-hydrogen) atoms. The van der Waals surface area contributed by atoms with Gasteiger partial charge in [-0.1, -0.05) is 26.8 Å². The summed E-state index contributed by atoms with van der Waals surface area (Å²) in [6, 6.07) is 0. The first-order valence-corrected chi connectivity index (χ1v) is 12.7. The number of ketones is 1. The maximum atomic E-state index is 13.2. The van der Waals surface area contributed by atoms with Crippen LogP contribution in [0.2, 0.25) is 0 Å². The van der Waals surface area contributed by atoms with E-state index in [1.807, 2.05) is 0 Å². The third kappa shape index (κ3) is 4.07. The summed E-state index contributed by atoms with van der Waals surface area (Å²) < 4.78 is 78.7. The molecule has 0 bridgehead atoms. The Bertz CT molecular complexity index is 852. The van der Waals surface area contributed by atoms with Crippen LogP contribution >= 0.6 is 0 Å². The highest BCUT2D eigenvalue weighted by atomic mass is 19.4. The van der Waals surface area contributed by atoms with Crippen LogP contribution in [0.3, 0.4) is 0 Å². The number of fused-ring (bicyclic) bond motifs is 5. The molecule has 0 radical (unpaired) electrons. The molecule has 0 aliphatic heterocycles. The minimum absolute atomic E-state index is 0.122. The number of hydrogen-bond donors (Lipinski definition) is 2. The molecule has 0 aromatic carbocycles. The molecule has 200 valence electrons. The van der Waals surface area contributed by atoms with Gasteiger partial charge < -0.3 is 10.2 Å². The zero-order valence-electron chi connectivity index (χ0n) is 20.4. The number of halogens is 6. The van der Waals surface area contributed by atoms with Crippen molar-refractivity contribution < 1.29 is 41.4 Å². The zero-order valence-corrected chi connectivity index (χ0v) is 20.4. The van der Waals surface area contributed by atoms with E-state index in [0.29, 0.717) is 31.6 Å². The Hall–Kier alpha value is -1.09. The maximum absolute atomic E-state index is 13.2. The molecular formula is C26H36F6O3. The summed E-state index contributed by atoms with van der Waals surface area (Å²) in [5, 5.41) is 19.7. The molecule has 4 saturated carbocycles. The predicted molar refractivity (Wildman–Crippen MR) is 117 cm³/mol. The van der Waals surface area contributed by atoms with Crippen molar-refractivity contribution in [1.29, 1.82) is 0 Å². The first-order chi connectivity index (χ1) is 16.0. The second-order valence-corrected chi connectivity index (χ2v) is 12.2. The molecule has 4 rings (SSSR count). The number of Topliss-reactive ketones (excluding diaryl/α,β-unsaturated/α-hetero) is 1. The van der Waals surface area contributed by atoms with Crippen molar-refractivity contribution in [3.8, 4) is 0 Å². The van der Waals surface area contributed by atoms with Crippen LogP contribution in [-0.2, 0) is 4.79 Å². The van der Waals surface area contributed by atoms with Crippen LogP contribution in [-0.4, -0.2) is 40.1 Å². The summed E-state index contributed by atoms with van der Waals surface area (Å²) in [6.45, 7) is 5.88. The molecule has 9 heteroatoms. The van der Waals surface area contributed by atoms with Crippen LogP contribution in [0.5, 0.6) is 0 Å². The van der Waals surface area contributed by atoms with E-state index in [0.717, 1.165) is 31.8 Å². The summed E-state index contributed by atoms with van der Waals surface area (Å²) in [4.78, 5) is 13.2. The van der Waals surface area contributed by atoms with Crippen LogP contribution < -0.4 is 0 Å². The number of aliphatic hydroxyl groups excluding tert-OH is 1. The molecule has 2 N–H and O–H groups in total. The van der Waals surface area contributed by atoms with Gasteiger partial charge in [-0.2, -0.15) is 26.3 Å². The third-order valence-corrected chi connectivity index (χ3v) is 10.6. The van der Waals surface area contributed by atoms with Crippen molar-refractivity contribution in [2.24, 2.45) is 46.3 Å². The molecule has 0 heterocycles. The van der Waals surface area contributed by atoms with Crippen molar-refractivity contribution in [2.45, 2.75) is 96.2 Å². The van der Waals surface area contributed by atoms with Gasteiger partial charge in [0.25, 0.3) is 5.60 Å². The molecular weight excluding hydrogens is 474 g/mol. The SMILES string of the molecule is CC(C=CC(O)(C(F)(F)F)C(F)(F)F)C1CCC2C3CC(=O)C4CC(O)CCC4(C)C3CCC12C. The van der Waals surface area contributed by atoms with Crippen LogP contribution in [0.15, 0.2) is 12.2 Å². The number of allylic oxidation sites excluding steroid dienone is 1. The van der Waals surface area contributed by atoms with E-state index < -0.39 is 30.0 Å². The second kappa shape index (κ2) is 8.47. The van der Waals surface area contributed by atoms with E-state index >= 15 is 0 Å². The van der Waals surface area contributed by atoms with Gasteiger partial charge >= 0.3 is 12.4 Å². The van der Waals surface area contributed by atoms with Crippen LogP contribution in [0.25, 0.3) is 0 Å². The largest absolute Gasteiger partial charge is 0.429 e. The van der Waals surface area contributed by atoms with Gasteiger partial charge in [-0.15, -0.1) is 0 Å². The van der Waals surface area contributed by atoms with E-state index in [9.17, 15) is 41.4 Å². The third-order valence-electron chi connectivity index (χ3n) is 10.6. The average Bonchev–Trinajstić information content (AvgIpc) is 3.09. The second-order valence-electron chi connectivity index (χ2n) is 12.2. The van der Waals surface area contributed by atoms with Crippen molar-refractivity contribution in [1.82, 2.24) is 0 Å². The first kappa shape index (κ1) is 27.0. The Balaban J connectivity index is 1.57. The predicted octanol–water partition coefficient (Wildman–Crippen LogP) is 6.23. The molecule has 0 amide bonds.